The van der Waals surface area contributed by atoms with Crippen LogP contribution in [0.3, 0.4) is 0 Å². The monoisotopic (exact) mass is 261 g/mol. The van der Waals surface area contributed by atoms with E-state index in [1.54, 1.807) is 13.1 Å². The maximum Gasteiger partial charge on any atom is 0.419 e. The average Bonchev–Trinajstić information content (AvgIpc) is 2.80. The Hall–Kier alpha value is -2.08. The van der Waals surface area contributed by atoms with Gasteiger partial charge in [-0.15, -0.1) is 11.3 Å². The second-order valence-corrected chi connectivity index (χ2v) is 5.30. The van der Waals surface area contributed by atoms with Crippen LogP contribution in [-0.2, 0) is 7.05 Å². The van der Waals surface area contributed by atoms with Crippen molar-refractivity contribution < 1.29 is 4.42 Å². The first-order chi connectivity index (χ1) is 8.56. The first-order valence-electron chi connectivity index (χ1n) is 5.39. The van der Waals surface area contributed by atoms with Crippen LogP contribution in [0.5, 0.6) is 0 Å². The van der Waals surface area contributed by atoms with Crippen LogP contribution in [0.2, 0.25) is 0 Å². The van der Waals surface area contributed by atoms with Gasteiger partial charge in [-0.25, -0.2) is 9.78 Å². The standard InChI is InChI=1S/C12H11N3O2S/c1-6-10(14-11(13)18-6)7-3-4-9-8(5-7)15(2)12(16)17-9/h3-5H,1-2H3,(H2,13,14). The third-order valence-electron chi connectivity index (χ3n) is 2.88. The number of nitrogens with zero attached hydrogens (tertiary/aromatic N) is 2. The summed E-state index contributed by atoms with van der Waals surface area (Å²) in [5.74, 6) is -0.364. The van der Waals surface area contributed by atoms with Crippen molar-refractivity contribution in [2.75, 3.05) is 5.73 Å². The summed E-state index contributed by atoms with van der Waals surface area (Å²) in [6.07, 6.45) is 0. The van der Waals surface area contributed by atoms with Crippen LogP contribution >= 0.6 is 11.3 Å². The van der Waals surface area contributed by atoms with Crippen molar-refractivity contribution in [3.8, 4) is 11.3 Å². The van der Waals surface area contributed by atoms with Gasteiger partial charge in [0.05, 0.1) is 11.2 Å². The van der Waals surface area contributed by atoms with E-state index in [0.717, 1.165) is 21.7 Å². The molecule has 0 fully saturated rings. The van der Waals surface area contributed by atoms with Gasteiger partial charge in [0.15, 0.2) is 10.7 Å². The fraction of sp³-hybridized carbons (Fsp3) is 0.167. The third kappa shape index (κ3) is 1.53. The van der Waals surface area contributed by atoms with E-state index >= 15 is 0 Å². The Morgan fingerprint density at radius 2 is 2.22 bits per heavy atom. The molecule has 0 amide bonds. The number of thiazole rings is 1. The lowest BCUT2D eigenvalue weighted by Crippen LogP contribution is -2.08. The van der Waals surface area contributed by atoms with E-state index in [1.165, 1.54) is 15.9 Å². The van der Waals surface area contributed by atoms with E-state index in [2.05, 4.69) is 4.98 Å². The summed E-state index contributed by atoms with van der Waals surface area (Å²) in [6.45, 7) is 1.97. The fourth-order valence-electron chi connectivity index (χ4n) is 1.96. The lowest BCUT2D eigenvalue weighted by atomic mass is 10.1. The zero-order chi connectivity index (χ0) is 12.9. The normalized spacial score (nSPS) is 11.2. The number of nitrogens with two attached hydrogens (primary N) is 1. The Kier molecular flexibility index (Phi) is 2.27. The van der Waals surface area contributed by atoms with Crippen LogP contribution in [-0.4, -0.2) is 9.55 Å². The highest BCUT2D eigenvalue weighted by Gasteiger charge is 2.11. The number of nitrogen functional groups attached to an aromatic ring is 1. The van der Waals surface area contributed by atoms with Crippen molar-refractivity contribution in [3.63, 3.8) is 0 Å². The van der Waals surface area contributed by atoms with E-state index in [4.69, 9.17) is 10.2 Å². The Morgan fingerprint density at radius 1 is 1.44 bits per heavy atom. The van der Waals surface area contributed by atoms with Gasteiger partial charge in [0, 0.05) is 17.5 Å². The first kappa shape index (κ1) is 11.0. The molecule has 0 aliphatic carbocycles. The van der Waals surface area contributed by atoms with Crippen molar-refractivity contribution in [1.29, 1.82) is 0 Å². The number of aryl methyl sites for hydroxylation is 2. The minimum atomic E-state index is -0.364. The van der Waals surface area contributed by atoms with Crippen LogP contribution < -0.4 is 11.5 Å². The second-order valence-electron chi connectivity index (χ2n) is 4.07. The summed E-state index contributed by atoms with van der Waals surface area (Å²) >= 11 is 1.45. The Labute approximate surface area is 106 Å². The van der Waals surface area contributed by atoms with Gasteiger partial charge in [-0.05, 0) is 25.1 Å². The van der Waals surface area contributed by atoms with Crippen LogP contribution in [0.1, 0.15) is 4.88 Å². The molecule has 92 valence electrons. The molecule has 2 heterocycles. The summed E-state index contributed by atoms with van der Waals surface area (Å²) in [4.78, 5) is 16.8. The highest BCUT2D eigenvalue weighted by molar-refractivity contribution is 7.15. The van der Waals surface area contributed by atoms with E-state index in [9.17, 15) is 4.79 Å². The van der Waals surface area contributed by atoms with Crippen LogP contribution in [0.15, 0.2) is 27.4 Å². The first-order valence-corrected chi connectivity index (χ1v) is 6.21. The van der Waals surface area contributed by atoms with Gasteiger partial charge in [0.1, 0.15) is 0 Å². The maximum atomic E-state index is 11.4. The number of aromatic nitrogens is 2. The highest BCUT2D eigenvalue weighted by atomic mass is 32.1. The molecule has 0 unspecified atom stereocenters. The van der Waals surface area contributed by atoms with Crippen molar-refractivity contribution in [1.82, 2.24) is 9.55 Å². The van der Waals surface area contributed by atoms with Crippen molar-refractivity contribution in [2.24, 2.45) is 7.05 Å². The number of fused-ring (bicyclic) bond motifs is 1. The molecule has 0 aliphatic rings. The molecule has 0 aliphatic heterocycles. The van der Waals surface area contributed by atoms with E-state index in [-0.39, 0.29) is 5.76 Å². The fourth-order valence-corrected chi connectivity index (χ4v) is 2.67. The Balaban J connectivity index is 2.28. The summed E-state index contributed by atoms with van der Waals surface area (Å²) in [7, 11) is 1.68. The summed E-state index contributed by atoms with van der Waals surface area (Å²) < 4.78 is 6.57. The van der Waals surface area contributed by atoms with Crippen LogP contribution in [0.25, 0.3) is 22.4 Å². The molecular formula is C12H11N3O2S. The lowest BCUT2D eigenvalue weighted by molar-refractivity contribution is 0.528. The number of hydrogen-bond donors (Lipinski definition) is 1. The molecule has 3 aromatic rings. The van der Waals surface area contributed by atoms with Gasteiger partial charge in [0.2, 0.25) is 0 Å². The van der Waals surface area contributed by atoms with Crippen LogP contribution in [0.4, 0.5) is 5.13 Å². The number of rotatable bonds is 1. The molecule has 0 bridgehead atoms. The van der Waals surface area contributed by atoms with E-state index in [0.29, 0.717) is 10.7 Å². The number of hydrogen-bond acceptors (Lipinski definition) is 5. The molecule has 1 aromatic carbocycles. The molecule has 0 radical (unpaired) electrons. The number of benzene rings is 1. The molecular weight excluding hydrogens is 250 g/mol. The zero-order valence-electron chi connectivity index (χ0n) is 9.93. The minimum Gasteiger partial charge on any atom is -0.408 e. The molecule has 0 saturated carbocycles. The van der Waals surface area contributed by atoms with Gasteiger partial charge in [0.25, 0.3) is 0 Å². The molecule has 2 aromatic heterocycles. The third-order valence-corrected chi connectivity index (χ3v) is 3.68. The SMILES string of the molecule is Cc1sc(N)nc1-c1ccc2oc(=O)n(C)c2c1. The molecule has 0 atom stereocenters. The average molecular weight is 261 g/mol. The van der Waals surface area contributed by atoms with Gasteiger partial charge in [-0.2, -0.15) is 0 Å². The second kappa shape index (κ2) is 3.71. The predicted molar refractivity (Wildman–Crippen MR) is 71.7 cm³/mol. The molecule has 3 rings (SSSR count). The van der Waals surface area contributed by atoms with E-state index in [1.807, 2.05) is 19.1 Å². The Bertz CT molecular complexity index is 797. The minimum absolute atomic E-state index is 0.364. The molecule has 0 saturated heterocycles. The summed E-state index contributed by atoms with van der Waals surface area (Å²) in [6, 6.07) is 5.55. The predicted octanol–water partition coefficient (Wildman–Crippen LogP) is 2.15. The van der Waals surface area contributed by atoms with Gasteiger partial charge in [-0.3, -0.25) is 4.57 Å². The molecule has 2 N–H and O–H groups in total. The summed E-state index contributed by atoms with van der Waals surface area (Å²) in [5.41, 5.74) is 8.82. The topological polar surface area (TPSA) is 74.1 Å². The summed E-state index contributed by atoms with van der Waals surface area (Å²) in [5, 5.41) is 0.545. The molecule has 0 spiro atoms. The highest BCUT2D eigenvalue weighted by Crippen LogP contribution is 2.30. The van der Waals surface area contributed by atoms with Crippen molar-refractivity contribution in [3.05, 3.63) is 33.6 Å². The number of anilines is 1. The van der Waals surface area contributed by atoms with Gasteiger partial charge >= 0.3 is 5.76 Å². The van der Waals surface area contributed by atoms with E-state index < -0.39 is 0 Å². The molecule has 18 heavy (non-hydrogen) atoms. The molecule has 5 nitrogen and oxygen atoms in total. The van der Waals surface area contributed by atoms with Crippen LogP contribution in [0, 0.1) is 6.92 Å². The zero-order valence-corrected chi connectivity index (χ0v) is 10.7. The Morgan fingerprint density at radius 3 is 2.89 bits per heavy atom. The smallest absolute Gasteiger partial charge is 0.408 e. The molecule has 6 heteroatoms. The quantitative estimate of drug-likeness (QED) is 0.728. The van der Waals surface area contributed by atoms with Gasteiger partial charge in [-0.1, -0.05) is 0 Å². The largest absolute Gasteiger partial charge is 0.419 e. The van der Waals surface area contributed by atoms with Crippen molar-refractivity contribution in [2.45, 2.75) is 6.92 Å². The maximum absolute atomic E-state index is 11.4. The van der Waals surface area contributed by atoms with Crippen molar-refractivity contribution >= 4 is 27.6 Å². The lowest BCUT2D eigenvalue weighted by Gasteiger charge is -1.99. The number of oxazole rings is 1. The van der Waals surface area contributed by atoms with Gasteiger partial charge < -0.3 is 10.2 Å².